The lowest BCUT2D eigenvalue weighted by molar-refractivity contribution is 0.158. The van der Waals surface area contributed by atoms with Gasteiger partial charge in [-0.15, -0.1) is 34.2 Å². The van der Waals surface area contributed by atoms with Crippen molar-refractivity contribution in [2.75, 3.05) is 33.4 Å². The number of aryl methyl sites for hydroxylation is 1. The van der Waals surface area contributed by atoms with Crippen LogP contribution in [0.4, 0.5) is 0 Å². The van der Waals surface area contributed by atoms with Gasteiger partial charge in [0, 0.05) is 52.5 Å². The van der Waals surface area contributed by atoms with Crippen molar-refractivity contribution in [1.82, 2.24) is 30.3 Å². The number of halogens is 1. The third-order valence-corrected chi connectivity index (χ3v) is 6.08. The number of methoxy groups -OCH3 is 1. The average molecular weight is 556 g/mol. The Balaban J connectivity index is 0.00000363. The van der Waals surface area contributed by atoms with E-state index in [1.165, 1.54) is 5.56 Å². The Bertz CT molecular complexity index is 819. The number of aliphatic imine (C=N–C) groups is 1. The van der Waals surface area contributed by atoms with Crippen molar-refractivity contribution in [2.24, 2.45) is 12.0 Å². The number of hydrogen-bond acceptors (Lipinski definition) is 5. The normalized spacial score (nSPS) is 16.4. The summed E-state index contributed by atoms with van der Waals surface area (Å²) in [6.07, 6.45) is 3.13. The van der Waals surface area contributed by atoms with Crippen LogP contribution in [0.2, 0.25) is 0 Å². The largest absolute Gasteiger partial charge is 0.385 e. The Labute approximate surface area is 209 Å². The molecule has 0 radical (unpaired) electrons. The number of benzene rings is 1. The number of rotatable bonds is 9. The van der Waals surface area contributed by atoms with Gasteiger partial charge in [-0.1, -0.05) is 30.3 Å². The molecule has 2 N–H and O–H groups in total. The van der Waals surface area contributed by atoms with Gasteiger partial charge in [0.15, 0.2) is 11.8 Å². The minimum Gasteiger partial charge on any atom is -0.385 e. The number of nitrogens with zero attached hydrogens (tertiary/aromatic N) is 5. The minimum absolute atomic E-state index is 0. The molecular formula is C23H38IN7O. The van der Waals surface area contributed by atoms with Crippen LogP contribution < -0.4 is 10.6 Å². The SMILES string of the molecule is COCCCNC(=NCc1nnc(C)n1C)NC1CCN(C(C)c2ccccc2)CC1.I. The summed E-state index contributed by atoms with van der Waals surface area (Å²) in [5.74, 6) is 2.60. The highest BCUT2D eigenvalue weighted by molar-refractivity contribution is 14.0. The maximum absolute atomic E-state index is 5.16. The second kappa shape index (κ2) is 13.7. The van der Waals surface area contributed by atoms with Crippen molar-refractivity contribution in [3.63, 3.8) is 0 Å². The number of likely N-dealkylation sites (tertiary alicyclic amines) is 1. The van der Waals surface area contributed by atoms with Gasteiger partial charge in [-0.3, -0.25) is 4.90 Å². The Morgan fingerprint density at radius 1 is 1.22 bits per heavy atom. The molecule has 32 heavy (non-hydrogen) atoms. The van der Waals surface area contributed by atoms with Gasteiger partial charge < -0.3 is 19.9 Å². The van der Waals surface area contributed by atoms with E-state index in [9.17, 15) is 0 Å². The first-order chi connectivity index (χ1) is 15.1. The molecule has 0 bridgehead atoms. The molecule has 1 aromatic carbocycles. The zero-order chi connectivity index (χ0) is 22.1. The van der Waals surface area contributed by atoms with Crippen molar-refractivity contribution in [3.8, 4) is 0 Å². The van der Waals surface area contributed by atoms with Crippen LogP contribution in [0.5, 0.6) is 0 Å². The van der Waals surface area contributed by atoms with E-state index in [1.807, 2.05) is 18.5 Å². The topological polar surface area (TPSA) is 79.6 Å². The first-order valence-corrected chi connectivity index (χ1v) is 11.3. The van der Waals surface area contributed by atoms with Gasteiger partial charge in [-0.25, -0.2) is 4.99 Å². The molecular weight excluding hydrogens is 517 g/mol. The second-order valence-electron chi connectivity index (χ2n) is 8.20. The molecule has 0 saturated carbocycles. The monoisotopic (exact) mass is 555 g/mol. The van der Waals surface area contributed by atoms with E-state index in [0.29, 0.717) is 18.6 Å². The van der Waals surface area contributed by atoms with Crippen molar-refractivity contribution >= 4 is 29.9 Å². The van der Waals surface area contributed by atoms with Gasteiger partial charge in [-0.05, 0) is 38.7 Å². The molecule has 3 rings (SSSR count). The zero-order valence-electron chi connectivity index (χ0n) is 19.8. The molecule has 8 nitrogen and oxygen atoms in total. The molecule has 1 fully saturated rings. The maximum Gasteiger partial charge on any atom is 0.191 e. The van der Waals surface area contributed by atoms with Crippen molar-refractivity contribution in [2.45, 2.75) is 51.7 Å². The third-order valence-electron chi connectivity index (χ3n) is 6.08. The van der Waals surface area contributed by atoms with Crippen molar-refractivity contribution < 1.29 is 4.74 Å². The lowest BCUT2D eigenvalue weighted by Crippen LogP contribution is -2.49. The molecule has 1 aliphatic heterocycles. The van der Waals surface area contributed by atoms with E-state index >= 15 is 0 Å². The fourth-order valence-electron chi connectivity index (χ4n) is 3.88. The quantitative estimate of drug-likeness (QED) is 0.215. The van der Waals surface area contributed by atoms with Crippen LogP contribution in [0.1, 0.15) is 49.4 Å². The average Bonchev–Trinajstić information content (AvgIpc) is 3.13. The third kappa shape index (κ3) is 7.70. The highest BCUT2D eigenvalue weighted by atomic mass is 127. The number of aromatic nitrogens is 3. The molecule has 0 aliphatic carbocycles. The summed E-state index contributed by atoms with van der Waals surface area (Å²) < 4.78 is 7.15. The molecule has 0 amide bonds. The smallest absolute Gasteiger partial charge is 0.191 e. The van der Waals surface area contributed by atoms with E-state index in [1.54, 1.807) is 7.11 Å². The molecule has 1 aliphatic rings. The first-order valence-electron chi connectivity index (χ1n) is 11.3. The standard InChI is InChI=1S/C23H37N7O.HI/c1-18(20-9-6-5-7-10-20)30-14-11-21(12-15-30)26-23(24-13-8-16-31-4)25-17-22-28-27-19(2)29(22)3;/h5-7,9-10,18,21H,8,11-17H2,1-4H3,(H2,24,25,26);1H. The summed E-state index contributed by atoms with van der Waals surface area (Å²) in [6.45, 7) is 8.46. The zero-order valence-corrected chi connectivity index (χ0v) is 22.1. The van der Waals surface area contributed by atoms with Gasteiger partial charge in [0.2, 0.25) is 0 Å². The molecule has 1 atom stereocenters. The number of hydrogen-bond donors (Lipinski definition) is 2. The van der Waals surface area contributed by atoms with Crippen LogP contribution >= 0.6 is 24.0 Å². The van der Waals surface area contributed by atoms with Crippen LogP contribution in [-0.2, 0) is 18.3 Å². The van der Waals surface area contributed by atoms with Gasteiger partial charge in [-0.2, -0.15) is 0 Å². The number of nitrogens with one attached hydrogen (secondary N) is 2. The molecule has 9 heteroatoms. The van der Waals surface area contributed by atoms with E-state index in [0.717, 1.165) is 63.1 Å². The molecule has 1 saturated heterocycles. The Hall–Kier alpha value is -1.72. The molecule has 2 aromatic rings. The van der Waals surface area contributed by atoms with Gasteiger partial charge >= 0.3 is 0 Å². The van der Waals surface area contributed by atoms with Crippen LogP contribution in [0.3, 0.4) is 0 Å². The Kier molecular flexibility index (Phi) is 11.4. The van der Waals surface area contributed by atoms with E-state index in [4.69, 9.17) is 9.73 Å². The molecule has 178 valence electrons. The lowest BCUT2D eigenvalue weighted by Gasteiger charge is -2.37. The molecule has 2 heterocycles. The van der Waals surface area contributed by atoms with Gasteiger partial charge in [0.25, 0.3) is 0 Å². The second-order valence-corrected chi connectivity index (χ2v) is 8.20. The summed E-state index contributed by atoms with van der Waals surface area (Å²) in [5, 5.41) is 15.4. The van der Waals surface area contributed by atoms with E-state index in [2.05, 4.69) is 63.0 Å². The molecule has 0 spiro atoms. The first kappa shape index (κ1) is 26.5. The number of guanidine groups is 1. The Morgan fingerprint density at radius 3 is 2.56 bits per heavy atom. The van der Waals surface area contributed by atoms with Crippen LogP contribution in [0, 0.1) is 6.92 Å². The van der Waals surface area contributed by atoms with Crippen molar-refractivity contribution in [1.29, 1.82) is 0 Å². The summed E-state index contributed by atoms with van der Waals surface area (Å²) in [4.78, 5) is 7.35. The molecule has 1 aromatic heterocycles. The number of ether oxygens (including phenoxy) is 1. The summed E-state index contributed by atoms with van der Waals surface area (Å²) in [7, 11) is 3.71. The van der Waals surface area contributed by atoms with Crippen LogP contribution in [-0.4, -0.2) is 65.0 Å². The summed E-state index contributed by atoms with van der Waals surface area (Å²) in [6, 6.07) is 11.6. The molecule has 1 unspecified atom stereocenters. The minimum atomic E-state index is 0. The predicted molar refractivity (Wildman–Crippen MR) is 139 cm³/mol. The maximum atomic E-state index is 5.16. The fraction of sp³-hybridized carbons (Fsp3) is 0.609. The van der Waals surface area contributed by atoms with Crippen LogP contribution in [0.25, 0.3) is 0 Å². The highest BCUT2D eigenvalue weighted by Gasteiger charge is 2.24. The van der Waals surface area contributed by atoms with Gasteiger partial charge in [0.1, 0.15) is 12.4 Å². The summed E-state index contributed by atoms with van der Waals surface area (Å²) in [5.41, 5.74) is 1.38. The van der Waals surface area contributed by atoms with Crippen LogP contribution in [0.15, 0.2) is 35.3 Å². The fourth-order valence-corrected chi connectivity index (χ4v) is 3.88. The Morgan fingerprint density at radius 2 is 1.94 bits per heavy atom. The van der Waals surface area contributed by atoms with E-state index < -0.39 is 0 Å². The number of piperidine rings is 1. The predicted octanol–water partition coefficient (Wildman–Crippen LogP) is 3.04. The van der Waals surface area contributed by atoms with Gasteiger partial charge in [0.05, 0.1) is 0 Å². The summed E-state index contributed by atoms with van der Waals surface area (Å²) >= 11 is 0. The lowest BCUT2D eigenvalue weighted by atomic mass is 10.0. The highest BCUT2D eigenvalue weighted by Crippen LogP contribution is 2.24. The van der Waals surface area contributed by atoms with Crippen molar-refractivity contribution in [3.05, 3.63) is 47.5 Å². The van der Waals surface area contributed by atoms with E-state index in [-0.39, 0.29) is 24.0 Å².